The van der Waals surface area contributed by atoms with Crippen molar-refractivity contribution in [3.63, 3.8) is 0 Å². The quantitative estimate of drug-likeness (QED) is 0.466. The summed E-state index contributed by atoms with van der Waals surface area (Å²) in [6.45, 7) is 1.85. The third-order valence-corrected chi connectivity index (χ3v) is 2.83. The highest BCUT2D eigenvalue weighted by molar-refractivity contribution is 4.89. The van der Waals surface area contributed by atoms with Gasteiger partial charge in [0.05, 0.1) is 13.2 Å². The second-order valence-electron chi connectivity index (χ2n) is 4.29. The molecule has 5 unspecified atom stereocenters. The molecule has 1 rings (SSSR count). The van der Waals surface area contributed by atoms with Crippen LogP contribution in [-0.2, 0) is 9.47 Å². The Kier molecular flexibility index (Phi) is 6.77. The van der Waals surface area contributed by atoms with E-state index in [1.165, 1.54) is 0 Å². The van der Waals surface area contributed by atoms with E-state index in [4.69, 9.17) is 14.6 Å². The maximum absolute atomic E-state index is 9.66. The van der Waals surface area contributed by atoms with Gasteiger partial charge in [0, 0.05) is 0 Å². The third-order valence-electron chi connectivity index (χ3n) is 2.83. The van der Waals surface area contributed by atoms with E-state index in [9.17, 15) is 15.3 Å². The summed E-state index contributed by atoms with van der Waals surface area (Å²) in [6.07, 6.45) is -0.313. The summed E-state index contributed by atoms with van der Waals surface area (Å²) >= 11 is 0. The minimum atomic E-state index is -1.39. The van der Waals surface area contributed by atoms with Gasteiger partial charge in [-0.05, 0) is 6.42 Å². The highest BCUT2D eigenvalue weighted by atomic mass is 16.7. The largest absolute Gasteiger partial charge is 0.394 e. The van der Waals surface area contributed by atoms with Crippen LogP contribution < -0.4 is 0 Å². The lowest BCUT2D eigenvalue weighted by Gasteiger charge is -2.39. The van der Waals surface area contributed by atoms with E-state index in [0.29, 0.717) is 0 Å². The van der Waals surface area contributed by atoms with Crippen molar-refractivity contribution in [1.82, 2.24) is 0 Å². The first-order chi connectivity index (χ1) is 8.61. The van der Waals surface area contributed by atoms with Gasteiger partial charge in [0.25, 0.3) is 0 Å². The predicted octanol–water partition coefficient (Wildman–Crippen LogP) is -0.841. The average Bonchev–Trinajstić information content (AvgIpc) is 2.38. The van der Waals surface area contributed by atoms with Crippen LogP contribution in [0, 0.1) is 0 Å². The first-order valence-electron chi connectivity index (χ1n) is 6.19. The van der Waals surface area contributed by atoms with Crippen LogP contribution in [0.5, 0.6) is 0 Å². The van der Waals surface area contributed by atoms with E-state index >= 15 is 0 Å². The topological polar surface area (TPSA) is 99.4 Å². The molecule has 1 saturated heterocycles. The molecule has 0 aliphatic carbocycles. The van der Waals surface area contributed by atoms with Crippen LogP contribution in [0.2, 0.25) is 0 Å². The van der Waals surface area contributed by atoms with Crippen molar-refractivity contribution in [3.8, 4) is 0 Å². The Bertz CT molecular complexity index is 255. The molecule has 6 heteroatoms. The molecule has 0 spiro atoms. The predicted molar refractivity (Wildman–Crippen MR) is 63.8 cm³/mol. The first kappa shape index (κ1) is 15.6. The molecule has 1 aliphatic rings. The van der Waals surface area contributed by atoms with E-state index in [-0.39, 0.29) is 6.61 Å². The number of hydrogen-bond acceptors (Lipinski definition) is 6. The van der Waals surface area contributed by atoms with Crippen molar-refractivity contribution in [1.29, 1.82) is 0 Å². The van der Waals surface area contributed by atoms with Gasteiger partial charge < -0.3 is 29.9 Å². The van der Waals surface area contributed by atoms with Gasteiger partial charge in [-0.25, -0.2) is 0 Å². The Labute approximate surface area is 106 Å². The van der Waals surface area contributed by atoms with Gasteiger partial charge in [-0.15, -0.1) is 0 Å². The zero-order valence-corrected chi connectivity index (χ0v) is 10.5. The summed E-state index contributed by atoms with van der Waals surface area (Å²) in [5.74, 6) is 0. The molecule has 0 radical (unpaired) electrons. The minimum absolute atomic E-state index is 0.239. The Morgan fingerprint density at radius 3 is 2.44 bits per heavy atom. The van der Waals surface area contributed by atoms with Gasteiger partial charge in [0.2, 0.25) is 0 Å². The van der Waals surface area contributed by atoms with Gasteiger partial charge in [-0.2, -0.15) is 0 Å². The molecule has 1 aliphatic heterocycles. The molecule has 0 aromatic heterocycles. The molecule has 5 atom stereocenters. The summed E-state index contributed by atoms with van der Waals surface area (Å²) < 4.78 is 10.4. The first-order valence-corrected chi connectivity index (χ1v) is 6.19. The van der Waals surface area contributed by atoms with Crippen LogP contribution >= 0.6 is 0 Å². The molecule has 1 fully saturated rings. The second kappa shape index (κ2) is 7.83. The average molecular weight is 262 g/mol. The second-order valence-corrected chi connectivity index (χ2v) is 4.29. The number of aliphatic hydroxyl groups is 4. The summed E-state index contributed by atoms with van der Waals surface area (Å²) in [5, 5.41) is 37.7. The smallest absolute Gasteiger partial charge is 0.187 e. The molecule has 1 heterocycles. The van der Waals surface area contributed by atoms with Crippen LogP contribution in [0.15, 0.2) is 12.2 Å². The van der Waals surface area contributed by atoms with Gasteiger partial charge in [0.1, 0.15) is 24.4 Å². The van der Waals surface area contributed by atoms with Crippen molar-refractivity contribution < 1.29 is 29.9 Å². The molecule has 4 N–H and O–H groups in total. The summed E-state index contributed by atoms with van der Waals surface area (Å²) in [6, 6.07) is 0. The molecular weight excluding hydrogens is 240 g/mol. The molecule has 6 nitrogen and oxygen atoms in total. The number of ether oxygens (including phenoxy) is 2. The molecule has 18 heavy (non-hydrogen) atoms. The van der Waals surface area contributed by atoms with Crippen LogP contribution in [0.25, 0.3) is 0 Å². The van der Waals surface area contributed by atoms with Gasteiger partial charge >= 0.3 is 0 Å². The highest BCUT2D eigenvalue weighted by Gasteiger charge is 2.43. The SMILES string of the molecule is CCCC=CCOC1OC(CO)C(O)C(O)C1O. The molecule has 0 bridgehead atoms. The summed E-state index contributed by atoms with van der Waals surface area (Å²) in [4.78, 5) is 0. The van der Waals surface area contributed by atoms with E-state index < -0.39 is 37.3 Å². The Morgan fingerprint density at radius 1 is 1.11 bits per heavy atom. The maximum atomic E-state index is 9.66. The molecule has 106 valence electrons. The van der Waals surface area contributed by atoms with Crippen molar-refractivity contribution >= 4 is 0 Å². The Hall–Kier alpha value is -0.500. The van der Waals surface area contributed by atoms with Crippen LogP contribution in [0.3, 0.4) is 0 Å². The normalized spacial score (nSPS) is 37.3. The highest BCUT2D eigenvalue weighted by Crippen LogP contribution is 2.21. The maximum Gasteiger partial charge on any atom is 0.187 e. The third kappa shape index (κ3) is 4.01. The fourth-order valence-electron chi connectivity index (χ4n) is 1.71. The lowest BCUT2D eigenvalue weighted by Crippen LogP contribution is -2.59. The van der Waals surface area contributed by atoms with Crippen molar-refractivity contribution in [2.75, 3.05) is 13.2 Å². The number of unbranched alkanes of at least 4 members (excludes halogenated alkanes) is 1. The number of aliphatic hydroxyl groups excluding tert-OH is 4. The fourth-order valence-corrected chi connectivity index (χ4v) is 1.71. The van der Waals surface area contributed by atoms with Gasteiger partial charge in [-0.3, -0.25) is 0 Å². The number of rotatable bonds is 6. The minimum Gasteiger partial charge on any atom is -0.394 e. The van der Waals surface area contributed by atoms with Crippen LogP contribution in [0.1, 0.15) is 19.8 Å². The summed E-state index contributed by atoms with van der Waals surface area (Å²) in [5.41, 5.74) is 0. The summed E-state index contributed by atoms with van der Waals surface area (Å²) in [7, 11) is 0. The fraction of sp³-hybridized carbons (Fsp3) is 0.833. The Balaban J connectivity index is 2.44. The van der Waals surface area contributed by atoms with Crippen molar-refractivity contribution in [3.05, 3.63) is 12.2 Å². The molecular formula is C12H22O6. The van der Waals surface area contributed by atoms with Gasteiger partial charge in [0.15, 0.2) is 6.29 Å². The van der Waals surface area contributed by atoms with E-state index in [1.807, 2.05) is 6.08 Å². The van der Waals surface area contributed by atoms with Crippen molar-refractivity contribution in [2.45, 2.75) is 50.5 Å². The molecule has 0 amide bonds. The van der Waals surface area contributed by atoms with Crippen molar-refractivity contribution in [2.24, 2.45) is 0 Å². The number of hydrogen-bond donors (Lipinski definition) is 4. The van der Waals surface area contributed by atoms with E-state index in [1.54, 1.807) is 6.08 Å². The zero-order valence-electron chi connectivity index (χ0n) is 10.5. The van der Waals surface area contributed by atoms with Crippen LogP contribution in [-0.4, -0.2) is 64.3 Å². The zero-order chi connectivity index (χ0) is 13.5. The van der Waals surface area contributed by atoms with E-state index in [2.05, 4.69) is 6.92 Å². The lowest BCUT2D eigenvalue weighted by molar-refractivity contribution is -0.298. The molecule has 0 aromatic carbocycles. The van der Waals surface area contributed by atoms with E-state index in [0.717, 1.165) is 12.8 Å². The monoisotopic (exact) mass is 262 g/mol. The number of allylic oxidation sites excluding steroid dienone is 1. The molecule has 0 aromatic rings. The lowest BCUT2D eigenvalue weighted by atomic mass is 9.99. The van der Waals surface area contributed by atoms with Crippen LogP contribution in [0.4, 0.5) is 0 Å². The molecule has 0 saturated carbocycles. The Morgan fingerprint density at radius 2 is 1.83 bits per heavy atom. The standard InChI is InChI=1S/C12H22O6/c1-2-3-4-5-6-17-12-11(16)10(15)9(14)8(7-13)18-12/h4-5,8-16H,2-3,6-7H2,1H3. The van der Waals surface area contributed by atoms with Gasteiger partial charge in [-0.1, -0.05) is 25.5 Å².